The van der Waals surface area contributed by atoms with Crippen LogP contribution >= 0.6 is 11.3 Å². The standard InChI is InChI=1S/C18H16N2O2S/c1-22-14-4-2-3-12(9-14)16-7-8-20(16)18(21)13-5-6-15-17(10-13)23-11-19-15/h2-6,9-11,16H,7-8H2,1H3/t16-/m1/s1. The monoisotopic (exact) mass is 324 g/mol. The van der Waals surface area contributed by atoms with Gasteiger partial charge in [-0.3, -0.25) is 4.79 Å². The number of carbonyl (C=O) groups is 1. The third kappa shape index (κ3) is 2.47. The molecular formula is C18H16N2O2S. The van der Waals surface area contributed by atoms with Gasteiger partial charge in [-0.1, -0.05) is 12.1 Å². The Morgan fingerprint density at radius 3 is 3.00 bits per heavy atom. The molecule has 4 rings (SSSR count). The van der Waals surface area contributed by atoms with E-state index in [4.69, 9.17) is 4.74 Å². The molecule has 2 aromatic carbocycles. The highest BCUT2D eigenvalue weighted by atomic mass is 32.1. The predicted octanol–water partition coefficient (Wildman–Crippen LogP) is 3.89. The van der Waals surface area contributed by atoms with Crippen molar-refractivity contribution in [3.05, 3.63) is 59.1 Å². The van der Waals surface area contributed by atoms with Gasteiger partial charge in [0.15, 0.2) is 0 Å². The fourth-order valence-electron chi connectivity index (χ4n) is 2.98. The number of benzene rings is 2. The topological polar surface area (TPSA) is 42.4 Å². The number of nitrogens with zero attached hydrogens (tertiary/aromatic N) is 2. The first-order valence-corrected chi connectivity index (χ1v) is 8.42. The predicted molar refractivity (Wildman–Crippen MR) is 91.0 cm³/mol. The van der Waals surface area contributed by atoms with Crippen LogP contribution in [0, 0.1) is 0 Å². The maximum Gasteiger partial charge on any atom is 0.254 e. The zero-order valence-electron chi connectivity index (χ0n) is 12.7. The summed E-state index contributed by atoms with van der Waals surface area (Å²) in [6.45, 7) is 0.793. The van der Waals surface area contributed by atoms with Gasteiger partial charge in [-0.05, 0) is 42.3 Å². The number of methoxy groups -OCH3 is 1. The summed E-state index contributed by atoms with van der Waals surface area (Å²) >= 11 is 1.56. The zero-order chi connectivity index (χ0) is 15.8. The summed E-state index contributed by atoms with van der Waals surface area (Å²) in [4.78, 5) is 19.0. The van der Waals surface area contributed by atoms with Crippen molar-refractivity contribution in [1.82, 2.24) is 9.88 Å². The van der Waals surface area contributed by atoms with Crippen LogP contribution in [0.25, 0.3) is 10.2 Å². The van der Waals surface area contributed by atoms with E-state index < -0.39 is 0 Å². The second-order valence-electron chi connectivity index (χ2n) is 5.61. The van der Waals surface area contributed by atoms with Crippen LogP contribution < -0.4 is 4.74 Å². The van der Waals surface area contributed by atoms with Gasteiger partial charge in [0, 0.05) is 12.1 Å². The van der Waals surface area contributed by atoms with Crippen molar-refractivity contribution in [2.24, 2.45) is 0 Å². The van der Waals surface area contributed by atoms with Crippen LogP contribution in [0.15, 0.2) is 48.0 Å². The first-order valence-electron chi connectivity index (χ1n) is 7.54. The Balaban J connectivity index is 1.60. The number of ether oxygens (including phenoxy) is 1. The number of amides is 1. The summed E-state index contributed by atoms with van der Waals surface area (Å²) in [5, 5.41) is 0. The molecule has 1 amide bonds. The van der Waals surface area contributed by atoms with Gasteiger partial charge in [0.1, 0.15) is 5.75 Å². The minimum Gasteiger partial charge on any atom is -0.497 e. The maximum absolute atomic E-state index is 12.8. The van der Waals surface area contributed by atoms with Crippen molar-refractivity contribution in [1.29, 1.82) is 0 Å². The summed E-state index contributed by atoms with van der Waals surface area (Å²) in [5.74, 6) is 0.909. The smallest absolute Gasteiger partial charge is 0.254 e. The summed E-state index contributed by atoms with van der Waals surface area (Å²) in [6, 6.07) is 13.8. The van der Waals surface area contributed by atoms with Gasteiger partial charge in [-0.2, -0.15) is 0 Å². The van der Waals surface area contributed by atoms with E-state index in [9.17, 15) is 4.79 Å². The Labute approximate surface area is 138 Å². The van der Waals surface area contributed by atoms with Gasteiger partial charge in [-0.15, -0.1) is 11.3 Å². The lowest BCUT2D eigenvalue weighted by molar-refractivity contribution is 0.0460. The van der Waals surface area contributed by atoms with Crippen LogP contribution in [0.3, 0.4) is 0 Å². The van der Waals surface area contributed by atoms with E-state index in [-0.39, 0.29) is 11.9 Å². The summed E-state index contributed by atoms with van der Waals surface area (Å²) in [5.41, 5.74) is 4.61. The van der Waals surface area contributed by atoms with Crippen molar-refractivity contribution in [2.45, 2.75) is 12.5 Å². The van der Waals surface area contributed by atoms with Gasteiger partial charge >= 0.3 is 0 Å². The van der Waals surface area contributed by atoms with Crippen LogP contribution in [-0.4, -0.2) is 29.4 Å². The molecule has 116 valence electrons. The number of fused-ring (bicyclic) bond motifs is 1. The number of likely N-dealkylation sites (tertiary alicyclic amines) is 1. The Bertz CT molecular complexity index is 874. The molecule has 1 fully saturated rings. The van der Waals surface area contributed by atoms with Gasteiger partial charge in [-0.25, -0.2) is 4.98 Å². The molecule has 23 heavy (non-hydrogen) atoms. The largest absolute Gasteiger partial charge is 0.497 e. The van der Waals surface area contributed by atoms with E-state index >= 15 is 0 Å². The second-order valence-corrected chi connectivity index (χ2v) is 6.50. The van der Waals surface area contributed by atoms with Gasteiger partial charge < -0.3 is 9.64 Å². The van der Waals surface area contributed by atoms with E-state index in [1.807, 2.05) is 46.8 Å². The third-order valence-electron chi connectivity index (χ3n) is 4.34. The first-order chi connectivity index (χ1) is 11.3. The molecule has 1 aliphatic rings. The number of aromatic nitrogens is 1. The normalized spacial score (nSPS) is 17.1. The molecule has 0 aliphatic carbocycles. The quantitative estimate of drug-likeness (QED) is 0.734. The Morgan fingerprint density at radius 2 is 2.22 bits per heavy atom. The summed E-state index contributed by atoms with van der Waals surface area (Å²) < 4.78 is 6.33. The van der Waals surface area contributed by atoms with Crippen molar-refractivity contribution >= 4 is 27.5 Å². The maximum atomic E-state index is 12.8. The molecule has 2 heterocycles. The van der Waals surface area contributed by atoms with Crippen molar-refractivity contribution in [3.8, 4) is 5.75 Å². The lowest BCUT2D eigenvalue weighted by Gasteiger charge is -2.41. The number of thiazole rings is 1. The Morgan fingerprint density at radius 1 is 1.30 bits per heavy atom. The molecule has 0 spiro atoms. The van der Waals surface area contributed by atoms with Gasteiger partial charge in [0.2, 0.25) is 0 Å². The molecule has 4 nitrogen and oxygen atoms in total. The molecule has 1 aromatic heterocycles. The summed E-state index contributed by atoms with van der Waals surface area (Å²) in [7, 11) is 1.66. The molecule has 0 saturated carbocycles. The number of hydrogen-bond acceptors (Lipinski definition) is 4. The lowest BCUT2D eigenvalue weighted by Crippen LogP contribution is -2.45. The van der Waals surface area contributed by atoms with E-state index in [1.54, 1.807) is 18.4 Å². The average Bonchev–Trinajstić information content (AvgIpc) is 3.01. The van der Waals surface area contributed by atoms with E-state index in [1.165, 1.54) is 0 Å². The fraction of sp³-hybridized carbons (Fsp3) is 0.222. The SMILES string of the molecule is COc1cccc([C@H]2CCN2C(=O)c2ccc3ncsc3c2)c1. The van der Waals surface area contributed by atoms with E-state index in [0.717, 1.165) is 40.1 Å². The minimum absolute atomic E-state index is 0.0827. The molecule has 1 saturated heterocycles. The Hall–Kier alpha value is -2.40. The van der Waals surface area contributed by atoms with Crippen LogP contribution in [0.2, 0.25) is 0 Å². The van der Waals surface area contributed by atoms with Crippen LogP contribution in [-0.2, 0) is 0 Å². The molecule has 0 bridgehead atoms. The summed E-state index contributed by atoms with van der Waals surface area (Å²) in [6.07, 6.45) is 0.988. The van der Waals surface area contributed by atoms with Gasteiger partial charge in [0.05, 0.1) is 28.9 Å². The van der Waals surface area contributed by atoms with E-state index in [0.29, 0.717) is 0 Å². The zero-order valence-corrected chi connectivity index (χ0v) is 13.5. The minimum atomic E-state index is 0.0827. The highest BCUT2D eigenvalue weighted by Gasteiger charge is 2.34. The third-order valence-corrected chi connectivity index (χ3v) is 5.13. The number of carbonyl (C=O) groups excluding carboxylic acids is 1. The molecule has 3 aromatic rings. The molecule has 1 aliphatic heterocycles. The molecule has 0 N–H and O–H groups in total. The van der Waals surface area contributed by atoms with Crippen LogP contribution in [0.4, 0.5) is 0 Å². The first kappa shape index (κ1) is 14.2. The molecular weight excluding hydrogens is 308 g/mol. The molecule has 1 atom stereocenters. The second kappa shape index (κ2) is 5.66. The molecule has 0 radical (unpaired) electrons. The van der Waals surface area contributed by atoms with Gasteiger partial charge in [0.25, 0.3) is 5.91 Å². The van der Waals surface area contributed by atoms with Crippen molar-refractivity contribution < 1.29 is 9.53 Å². The average molecular weight is 324 g/mol. The van der Waals surface area contributed by atoms with E-state index in [2.05, 4.69) is 11.1 Å². The van der Waals surface area contributed by atoms with Crippen molar-refractivity contribution in [2.75, 3.05) is 13.7 Å². The van der Waals surface area contributed by atoms with Crippen LogP contribution in [0.5, 0.6) is 5.75 Å². The highest BCUT2D eigenvalue weighted by molar-refractivity contribution is 7.16. The molecule has 0 unspecified atom stereocenters. The molecule has 5 heteroatoms. The van der Waals surface area contributed by atoms with Crippen molar-refractivity contribution in [3.63, 3.8) is 0 Å². The lowest BCUT2D eigenvalue weighted by atomic mass is 9.93. The van der Waals surface area contributed by atoms with Crippen LogP contribution in [0.1, 0.15) is 28.4 Å². The number of hydrogen-bond donors (Lipinski definition) is 0. The fourth-order valence-corrected chi connectivity index (χ4v) is 3.70. The number of rotatable bonds is 3. The highest BCUT2D eigenvalue weighted by Crippen LogP contribution is 2.36. The Kier molecular flexibility index (Phi) is 3.50.